The van der Waals surface area contributed by atoms with Crippen LogP contribution in [0.2, 0.25) is 0 Å². The van der Waals surface area contributed by atoms with Crippen molar-refractivity contribution in [2.45, 2.75) is 0 Å². The molecule has 12 heteroatoms. The standard InChI is InChI=1S/C54H30N12/c55-31-33-6-1-7-35(24-33)50-48(65-44-12-8-36(51-57-16-2-17-58-51)27-40(44)41-28-37(9-13-45(41)65)52-59-18-3-19-60-52)25-34(32-56)26-49(50)66-46-14-10-38(53-61-20-4-21-62-53)29-42(46)43-30-39(11-15-47(43)66)54-63-22-5-23-64-54/h1-30H. The molecule has 0 saturated heterocycles. The lowest BCUT2D eigenvalue weighted by Crippen LogP contribution is -2.05. The molecule has 0 unspecified atom stereocenters. The first kappa shape index (κ1) is 37.9. The molecule has 6 aromatic carbocycles. The maximum absolute atomic E-state index is 11.0. The normalized spacial score (nSPS) is 11.3. The number of aromatic nitrogens is 10. The molecule has 12 nitrogen and oxygen atoms in total. The van der Waals surface area contributed by atoms with E-state index in [1.54, 1.807) is 79.9 Å². The van der Waals surface area contributed by atoms with E-state index < -0.39 is 0 Å². The Morgan fingerprint density at radius 2 is 0.652 bits per heavy atom. The molecule has 0 amide bonds. The molecule has 66 heavy (non-hydrogen) atoms. The third-order valence-corrected chi connectivity index (χ3v) is 11.8. The SMILES string of the molecule is N#Cc1cccc(-c2c(-n3c4ccc(-c5ncccn5)cc4c4cc(-c5ncccn5)ccc43)cc(C#N)cc2-n2c3ccc(-c4ncccn4)cc3c3cc(-c4ncccn4)ccc32)c1. The van der Waals surface area contributed by atoms with Gasteiger partial charge in [-0.25, -0.2) is 39.9 Å². The zero-order valence-corrected chi connectivity index (χ0v) is 34.7. The highest BCUT2D eigenvalue weighted by atomic mass is 15.0. The van der Waals surface area contributed by atoms with E-state index in [1.165, 1.54) is 0 Å². The van der Waals surface area contributed by atoms with Crippen LogP contribution in [-0.2, 0) is 0 Å². The zero-order valence-electron chi connectivity index (χ0n) is 34.7. The van der Waals surface area contributed by atoms with Crippen LogP contribution in [0.1, 0.15) is 11.1 Å². The smallest absolute Gasteiger partial charge is 0.159 e. The first-order valence-corrected chi connectivity index (χ1v) is 21.0. The van der Waals surface area contributed by atoms with Crippen molar-refractivity contribution < 1.29 is 0 Å². The van der Waals surface area contributed by atoms with Crippen LogP contribution in [0.4, 0.5) is 0 Å². The third-order valence-electron chi connectivity index (χ3n) is 11.8. The van der Waals surface area contributed by atoms with Gasteiger partial charge in [0.15, 0.2) is 23.3 Å². The molecule has 0 atom stereocenters. The fourth-order valence-electron chi connectivity index (χ4n) is 8.98. The molecule has 12 aromatic rings. The number of nitrogens with zero attached hydrogens (tertiary/aromatic N) is 12. The number of rotatable bonds is 7. The van der Waals surface area contributed by atoms with Crippen LogP contribution in [-0.4, -0.2) is 49.0 Å². The molecule has 0 radical (unpaired) electrons. The molecule has 0 aliphatic rings. The first-order chi connectivity index (χ1) is 32.6. The van der Waals surface area contributed by atoms with Gasteiger partial charge in [-0.3, -0.25) is 0 Å². The summed E-state index contributed by atoms with van der Waals surface area (Å²) in [6.45, 7) is 0. The lowest BCUT2D eigenvalue weighted by Gasteiger charge is -2.21. The number of nitriles is 2. The summed E-state index contributed by atoms with van der Waals surface area (Å²) in [4.78, 5) is 36.6. The summed E-state index contributed by atoms with van der Waals surface area (Å²) >= 11 is 0. The Kier molecular flexibility index (Phi) is 8.93. The van der Waals surface area contributed by atoms with Gasteiger partial charge in [0.2, 0.25) is 0 Å². The summed E-state index contributed by atoms with van der Waals surface area (Å²) < 4.78 is 4.41. The number of hydrogen-bond acceptors (Lipinski definition) is 10. The molecule has 0 fully saturated rings. The average molecular weight is 847 g/mol. The van der Waals surface area contributed by atoms with Crippen molar-refractivity contribution >= 4 is 43.6 Å². The van der Waals surface area contributed by atoms with Crippen LogP contribution < -0.4 is 0 Å². The van der Waals surface area contributed by atoms with Gasteiger partial charge in [-0.05, 0) is 127 Å². The van der Waals surface area contributed by atoms with Crippen LogP contribution in [0.3, 0.4) is 0 Å². The predicted molar refractivity (Wildman–Crippen MR) is 254 cm³/mol. The van der Waals surface area contributed by atoms with E-state index in [1.807, 2.05) is 54.6 Å². The van der Waals surface area contributed by atoms with Gasteiger partial charge in [-0.1, -0.05) is 12.1 Å². The quantitative estimate of drug-likeness (QED) is 0.151. The average Bonchev–Trinajstić information content (AvgIpc) is 3.90. The summed E-state index contributed by atoms with van der Waals surface area (Å²) in [5.74, 6) is 2.39. The van der Waals surface area contributed by atoms with Crippen molar-refractivity contribution in [3.63, 3.8) is 0 Å². The molecule has 0 aliphatic carbocycles. The van der Waals surface area contributed by atoms with E-state index in [0.29, 0.717) is 34.4 Å². The topological polar surface area (TPSA) is 161 Å². The van der Waals surface area contributed by atoms with Crippen molar-refractivity contribution in [2.24, 2.45) is 0 Å². The maximum Gasteiger partial charge on any atom is 0.159 e. The molecule has 0 saturated carbocycles. The van der Waals surface area contributed by atoms with Gasteiger partial charge in [-0.15, -0.1) is 0 Å². The predicted octanol–water partition coefficient (Wildman–Crippen LogP) is 11.1. The first-order valence-electron chi connectivity index (χ1n) is 21.0. The highest BCUT2D eigenvalue weighted by molar-refractivity contribution is 6.14. The van der Waals surface area contributed by atoms with Crippen LogP contribution >= 0.6 is 0 Å². The molecule has 0 aliphatic heterocycles. The Bertz CT molecular complexity index is 3530. The van der Waals surface area contributed by atoms with Gasteiger partial charge in [0, 0.05) is 98.9 Å². The van der Waals surface area contributed by atoms with Crippen molar-refractivity contribution in [1.29, 1.82) is 10.5 Å². The van der Waals surface area contributed by atoms with Crippen molar-refractivity contribution in [3.8, 4) is 80.2 Å². The van der Waals surface area contributed by atoms with E-state index in [0.717, 1.165) is 88.4 Å². The van der Waals surface area contributed by atoms with Gasteiger partial charge in [-0.2, -0.15) is 10.5 Å². The van der Waals surface area contributed by atoms with Crippen molar-refractivity contribution in [3.05, 3.63) is 194 Å². The molecule has 6 heterocycles. The molecular formula is C54H30N12. The number of fused-ring (bicyclic) bond motifs is 6. The van der Waals surface area contributed by atoms with Crippen molar-refractivity contribution in [2.75, 3.05) is 0 Å². The summed E-state index contributed by atoms with van der Waals surface area (Å²) in [5, 5.41) is 25.0. The van der Waals surface area contributed by atoms with Crippen molar-refractivity contribution in [1.82, 2.24) is 49.0 Å². The third kappa shape index (κ3) is 6.29. The van der Waals surface area contributed by atoms with Gasteiger partial charge in [0.25, 0.3) is 0 Å². The highest BCUT2D eigenvalue weighted by Gasteiger charge is 2.25. The van der Waals surface area contributed by atoms with Crippen LogP contribution in [0.15, 0.2) is 183 Å². The highest BCUT2D eigenvalue weighted by Crippen LogP contribution is 2.45. The summed E-state index contributed by atoms with van der Waals surface area (Å²) in [7, 11) is 0. The lowest BCUT2D eigenvalue weighted by molar-refractivity contribution is 1.13. The Labute approximate surface area is 376 Å². The Hall–Kier alpha value is -9.78. The molecule has 0 bridgehead atoms. The second-order valence-electron chi connectivity index (χ2n) is 15.6. The summed E-state index contributed by atoms with van der Waals surface area (Å²) in [6.07, 6.45) is 13.9. The fraction of sp³-hybridized carbons (Fsp3) is 0. The van der Waals surface area contributed by atoms with Gasteiger partial charge >= 0.3 is 0 Å². The van der Waals surface area contributed by atoms with E-state index in [4.69, 9.17) is 0 Å². The van der Waals surface area contributed by atoms with E-state index in [-0.39, 0.29) is 0 Å². The molecule has 6 aromatic heterocycles. The number of hydrogen-bond donors (Lipinski definition) is 0. The van der Waals surface area contributed by atoms with Crippen LogP contribution in [0.5, 0.6) is 0 Å². The van der Waals surface area contributed by atoms with Gasteiger partial charge in [0.1, 0.15) is 0 Å². The summed E-state index contributed by atoms with van der Waals surface area (Å²) in [5.41, 5.74) is 11.0. The monoisotopic (exact) mass is 846 g/mol. The molecular weight excluding hydrogens is 817 g/mol. The largest absolute Gasteiger partial charge is 0.308 e. The van der Waals surface area contributed by atoms with E-state index in [9.17, 15) is 10.5 Å². The maximum atomic E-state index is 11.0. The summed E-state index contributed by atoms with van der Waals surface area (Å²) in [6, 6.07) is 48.4. The second-order valence-corrected chi connectivity index (χ2v) is 15.6. The Morgan fingerprint density at radius 1 is 0.318 bits per heavy atom. The van der Waals surface area contributed by atoms with E-state index >= 15 is 0 Å². The molecule has 0 N–H and O–H groups in total. The Morgan fingerprint density at radius 3 is 0.970 bits per heavy atom. The van der Waals surface area contributed by atoms with Gasteiger partial charge in [0.05, 0.1) is 56.7 Å². The zero-order chi connectivity index (χ0) is 44.1. The minimum Gasteiger partial charge on any atom is -0.308 e. The molecule has 306 valence electrons. The second kappa shape index (κ2) is 15.5. The van der Waals surface area contributed by atoms with Crippen LogP contribution in [0, 0.1) is 22.7 Å². The van der Waals surface area contributed by atoms with Gasteiger partial charge < -0.3 is 9.13 Å². The van der Waals surface area contributed by atoms with Crippen LogP contribution in [0.25, 0.3) is 112 Å². The minimum absolute atomic E-state index is 0.442. The molecule has 12 rings (SSSR count). The Balaban J connectivity index is 1.21. The lowest BCUT2D eigenvalue weighted by atomic mass is 9.96. The molecule has 0 spiro atoms. The number of benzene rings is 6. The van der Waals surface area contributed by atoms with E-state index in [2.05, 4.69) is 110 Å². The minimum atomic E-state index is 0.442. The fourth-order valence-corrected chi connectivity index (χ4v) is 8.98.